The van der Waals surface area contributed by atoms with Crippen LogP contribution in [-0.4, -0.2) is 38.4 Å². The van der Waals surface area contributed by atoms with E-state index in [0.29, 0.717) is 6.61 Å². The van der Waals surface area contributed by atoms with Crippen LogP contribution in [0.4, 0.5) is 13.2 Å². The first-order chi connectivity index (χ1) is 9.47. The van der Waals surface area contributed by atoms with Crippen molar-refractivity contribution in [2.45, 2.75) is 12.8 Å². The molecule has 0 saturated heterocycles. The van der Waals surface area contributed by atoms with Gasteiger partial charge in [0, 0.05) is 6.54 Å². The zero-order chi connectivity index (χ0) is 14.8. The molecule has 0 fully saturated rings. The van der Waals surface area contributed by atoms with Crippen LogP contribution in [0.2, 0.25) is 0 Å². The molecule has 1 aromatic rings. The van der Waals surface area contributed by atoms with E-state index in [2.05, 4.69) is 10.1 Å². The number of amides is 1. The zero-order valence-electron chi connectivity index (χ0n) is 10.8. The van der Waals surface area contributed by atoms with Crippen molar-refractivity contribution >= 4 is 5.91 Å². The summed E-state index contributed by atoms with van der Waals surface area (Å²) in [7, 11) is 0. The summed E-state index contributed by atoms with van der Waals surface area (Å²) in [4.78, 5) is 11.3. The van der Waals surface area contributed by atoms with Crippen LogP contribution < -0.4 is 5.32 Å². The Balaban J connectivity index is 2.01. The molecule has 0 radical (unpaired) electrons. The third kappa shape index (κ3) is 8.49. The second-order valence-corrected chi connectivity index (χ2v) is 4.00. The number of nitrogens with one attached hydrogen (secondary N) is 1. The quantitative estimate of drug-likeness (QED) is 0.744. The summed E-state index contributed by atoms with van der Waals surface area (Å²) in [6.45, 7) is -1.33. The molecule has 20 heavy (non-hydrogen) atoms. The molecule has 0 unspecified atom stereocenters. The lowest BCUT2D eigenvalue weighted by molar-refractivity contribution is -0.173. The molecule has 1 aromatic carbocycles. The standard InChI is InChI=1S/C13H16F3NO3/c14-13(15,16)10-19-7-6-17-12(18)9-20-8-11-4-2-1-3-5-11/h1-5H,6-10H2,(H,17,18). The first-order valence-corrected chi connectivity index (χ1v) is 6.00. The second kappa shape index (κ2) is 8.55. The van der Waals surface area contributed by atoms with Gasteiger partial charge in [-0.15, -0.1) is 0 Å². The molecule has 0 heterocycles. The summed E-state index contributed by atoms with van der Waals surface area (Å²) in [6.07, 6.45) is -4.34. The van der Waals surface area contributed by atoms with E-state index in [-0.39, 0.29) is 19.8 Å². The average molecular weight is 291 g/mol. The SMILES string of the molecule is O=C(COCc1ccccc1)NCCOCC(F)(F)F. The highest BCUT2D eigenvalue weighted by Crippen LogP contribution is 2.13. The molecule has 0 atom stereocenters. The first-order valence-electron chi connectivity index (χ1n) is 6.00. The van der Waals surface area contributed by atoms with Gasteiger partial charge in [-0.1, -0.05) is 30.3 Å². The Labute approximate surface area is 114 Å². The van der Waals surface area contributed by atoms with Gasteiger partial charge in [-0.25, -0.2) is 0 Å². The third-order valence-corrected chi connectivity index (χ3v) is 2.18. The van der Waals surface area contributed by atoms with Gasteiger partial charge in [0.1, 0.15) is 13.2 Å². The third-order valence-electron chi connectivity index (χ3n) is 2.18. The summed E-state index contributed by atoms with van der Waals surface area (Å²) in [6, 6.07) is 9.32. The molecule has 1 rings (SSSR count). The van der Waals surface area contributed by atoms with Crippen LogP contribution in [-0.2, 0) is 20.9 Å². The summed E-state index contributed by atoms with van der Waals surface area (Å²) >= 11 is 0. The van der Waals surface area contributed by atoms with E-state index in [1.807, 2.05) is 30.3 Å². The Morgan fingerprint density at radius 1 is 1.15 bits per heavy atom. The van der Waals surface area contributed by atoms with Crippen molar-refractivity contribution in [1.29, 1.82) is 0 Å². The van der Waals surface area contributed by atoms with E-state index in [4.69, 9.17) is 4.74 Å². The normalized spacial score (nSPS) is 11.3. The predicted octanol–water partition coefficient (Wildman–Crippen LogP) is 1.90. The van der Waals surface area contributed by atoms with Crippen LogP contribution in [0.3, 0.4) is 0 Å². The average Bonchev–Trinajstić information content (AvgIpc) is 2.38. The molecule has 0 aromatic heterocycles. The number of carbonyl (C=O) groups excluding carboxylic acids is 1. The highest BCUT2D eigenvalue weighted by molar-refractivity contribution is 5.77. The Morgan fingerprint density at radius 2 is 1.85 bits per heavy atom. The highest BCUT2D eigenvalue weighted by Gasteiger charge is 2.27. The van der Waals surface area contributed by atoms with Gasteiger partial charge >= 0.3 is 6.18 Å². The van der Waals surface area contributed by atoms with Crippen LogP contribution in [0.1, 0.15) is 5.56 Å². The molecule has 0 aliphatic carbocycles. The van der Waals surface area contributed by atoms with Crippen LogP contribution in [0.25, 0.3) is 0 Å². The maximum atomic E-state index is 11.7. The van der Waals surface area contributed by atoms with E-state index in [1.165, 1.54) is 0 Å². The molecule has 1 amide bonds. The van der Waals surface area contributed by atoms with Gasteiger partial charge in [0.15, 0.2) is 0 Å². The maximum Gasteiger partial charge on any atom is 0.411 e. The molecular weight excluding hydrogens is 275 g/mol. The molecule has 0 saturated carbocycles. The van der Waals surface area contributed by atoms with E-state index >= 15 is 0 Å². The molecular formula is C13H16F3NO3. The Bertz CT molecular complexity index is 396. The number of benzene rings is 1. The minimum absolute atomic E-state index is 0.0175. The lowest BCUT2D eigenvalue weighted by atomic mass is 10.2. The van der Waals surface area contributed by atoms with Crippen molar-refractivity contribution in [2.24, 2.45) is 0 Å². The number of carbonyl (C=O) groups is 1. The molecule has 0 aliphatic rings. The smallest absolute Gasteiger partial charge is 0.370 e. The monoisotopic (exact) mass is 291 g/mol. The first kappa shape index (κ1) is 16.5. The zero-order valence-corrected chi connectivity index (χ0v) is 10.8. The summed E-state index contributed by atoms with van der Waals surface area (Å²) < 4.78 is 44.7. The number of rotatable bonds is 8. The minimum atomic E-state index is -4.34. The molecule has 0 bridgehead atoms. The summed E-state index contributed by atoms with van der Waals surface area (Å²) in [5.74, 6) is -0.392. The van der Waals surface area contributed by atoms with Crippen molar-refractivity contribution in [2.75, 3.05) is 26.4 Å². The molecule has 0 aliphatic heterocycles. The molecule has 7 heteroatoms. The Hall–Kier alpha value is -1.60. The summed E-state index contributed by atoms with van der Waals surface area (Å²) in [5, 5.41) is 2.40. The summed E-state index contributed by atoms with van der Waals surface area (Å²) in [5.41, 5.74) is 0.939. The highest BCUT2D eigenvalue weighted by atomic mass is 19.4. The van der Waals surface area contributed by atoms with Gasteiger partial charge in [-0.05, 0) is 5.56 Å². The van der Waals surface area contributed by atoms with E-state index in [1.54, 1.807) is 0 Å². The van der Waals surface area contributed by atoms with Crippen LogP contribution in [0, 0.1) is 0 Å². The largest absolute Gasteiger partial charge is 0.411 e. The fourth-order valence-corrected chi connectivity index (χ4v) is 1.34. The van der Waals surface area contributed by atoms with Gasteiger partial charge < -0.3 is 14.8 Å². The van der Waals surface area contributed by atoms with Crippen molar-refractivity contribution in [3.63, 3.8) is 0 Å². The van der Waals surface area contributed by atoms with Gasteiger partial charge in [-0.2, -0.15) is 13.2 Å². The number of ether oxygens (including phenoxy) is 2. The fraction of sp³-hybridized carbons (Fsp3) is 0.462. The minimum Gasteiger partial charge on any atom is -0.370 e. The van der Waals surface area contributed by atoms with E-state index in [0.717, 1.165) is 5.56 Å². The van der Waals surface area contributed by atoms with E-state index in [9.17, 15) is 18.0 Å². The predicted molar refractivity (Wildman–Crippen MR) is 66.0 cm³/mol. The van der Waals surface area contributed by atoms with Gasteiger partial charge in [0.2, 0.25) is 5.91 Å². The van der Waals surface area contributed by atoms with E-state index < -0.39 is 18.7 Å². The van der Waals surface area contributed by atoms with Gasteiger partial charge in [-0.3, -0.25) is 4.79 Å². The fourth-order valence-electron chi connectivity index (χ4n) is 1.34. The molecule has 112 valence electrons. The Morgan fingerprint density at radius 3 is 2.50 bits per heavy atom. The maximum absolute atomic E-state index is 11.7. The van der Waals surface area contributed by atoms with Crippen LogP contribution in [0.5, 0.6) is 0 Å². The van der Waals surface area contributed by atoms with Gasteiger partial charge in [0.25, 0.3) is 0 Å². The van der Waals surface area contributed by atoms with Crippen LogP contribution in [0.15, 0.2) is 30.3 Å². The van der Waals surface area contributed by atoms with Crippen molar-refractivity contribution in [3.8, 4) is 0 Å². The van der Waals surface area contributed by atoms with Crippen LogP contribution >= 0.6 is 0 Å². The Kier molecular flexibility index (Phi) is 7.03. The molecule has 4 nitrogen and oxygen atoms in total. The lowest BCUT2D eigenvalue weighted by Gasteiger charge is -2.09. The topological polar surface area (TPSA) is 47.6 Å². The molecule has 0 spiro atoms. The van der Waals surface area contributed by atoms with Crippen molar-refractivity contribution in [1.82, 2.24) is 5.32 Å². The lowest BCUT2D eigenvalue weighted by Crippen LogP contribution is -2.31. The number of halogens is 3. The van der Waals surface area contributed by atoms with Gasteiger partial charge in [0.05, 0.1) is 13.2 Å². The molecule has 1 N–H and O–H groups in total. The second-order valence-electron chi connectivity index (χ2n) is 4.00. The number of hydrogen-bond donors (Lipinski definition) is 1. The number of hydrogen-bond acceptors (Lipinski definition) is 3. The van der Waals surface area contributed by atoms with Crippen molar-refractivity contribution in [3.05, 3.63) is 35.9 Å². The van der Waals surface area contributed by atoms with Crippen molar-refractivity contribution < 1.29 is 27.4 Å². The number of alkyl halides is 3.